The Hall–Kier alpha value is -0.350. The number of nitrogens with two attached hydrogens (primary N) is 1. The summed E-state index contributed by atoms with van der Waals surface area (Å²) >= 11 is 4.75. The van der Waals surface area contributed by atoms with Gasteiger partial charge in [0.2, 0.25) is 0 Å². The number of hydrogen-bond donors (Lipinski definition) is 1. The lowest BCUT2D eigenvalue weighted by atomic mass is 10.3. The molecule has 0 unspecified atom stereocenters. The van der Waals surface area contributed by atoms with E-state index in [1.165, 1.54) is 11.3 Å². The molecule has 0 aromatic carbocycles. The van der Waals surface area contributed by atoms with Gasteiger partial charge in [0.25, 0.3) is 5.91 Å². The molecule has 0 atom stereocenters. The van der Waals surface area contributed by atoms with Crippen LogP contribution in [0.4, 0.5) is 0 Å². The molecule has 1 rings (SSSR count). The number of hydrogen-bond acceptors (Lipinski definition) is 2. The Labute approximate surface area is 71.2 Å². The summed E-state index contributed by atoms with van der Waals surface area (Å²) in [6.45, 7) is 1.93. The van der Waals surface area contributed by atoms with Crippen LogP contribution in [0.5, 0.6) is 0 Å². The maximum atomic E-state index is 10.6. The van der Waals surface area contributed by atoms with Crippen LogP contribution in [0.2, 0.25) is 0 Å². The third kappa shape index (κ3) is 1.38. The summed E-state index contributed by atoms with van der Waals surface area (Å²) in [7, 11) is 0. The molecule has 1 aromatic rings. The first-order valence-corrected chi connectivity index (χ1v) is 4.28. The van der Waals surface area contributed by atoms with Crippen LogP contribution in [0.3, 0.4) is 0 Å². The van der Waals surface area contributed by atoms with E-state index in [-0.39, 0.29) is 5.91 Å². The molecule has 0 fully saturated rings. The molecule has 0 aliphatic rings. The average Bonchev–Trinajstić information content (AvgIpc) is 2.10. The Bertz CT molecular complexity index is 269. The van der Waals surface area contributed by atoms with E-state index >= 15 is 0 Å². The average molecular weight is 220 g/mol. The van der Waals surface area contributed by atoms with E-state index in [9.17, 15) is 4.79 Å². The Morgan fingerprint density at radius 1 is 1.80 bits per heavy atom. The normalized spacial score (nSPS) is 9.80. The van der Waals surface area contributed by atoms with E-state index in [1.807, 2.05) is 6.92 Å². The van der Waals surface area contributed by atoms with E-state index in [0.29, 0.717) is 5.56 Å². The molecule has 1 aromatic heterocycles. The fraction of sp³-hybridized carbons (Fsp3) is 0.167. The van der Waals surface area contributed by atoms with Gasteiger partial charge in [0.15, 0.2) is 0 Å². The van der Waals surface area contributed by atoms with Gasteiger partial charge in [-0.05, 0) is 28.9 Å². The Morgan fingerprint density at radius 2 is 2.40 bits per heavy atom. The highest BCUT2D eigenvalue weighted by Crippen LogP contribution is 2.26. The monoisotopic (exact) mass is 219 g/mol. The molecule has 4 heteroatoms. The quantitative estimate of drug-likeness (QED) is 0.771. The van der Waals surface area contributed by atoms with Crippen LogP contribution in [-0.4, -0.2) is 5.91 Å². The molecule has 0 saturated heterocycles. The maximum Gasteiger partial charge on any atom is 0.250 e. The number of thiophene rings is 1. The lowest BCUT2D eigenvalue weighted by Gasteiger charge is -1.86. The van der Waals surface area contributed by atoms with Gasteiger partial charge >= 0.3 is 0 Å². The summed E-state index contributed by atoms with van der Waals surface area (Å²) in [4.78, 5) is 11.7. The third-order valence-corrected chi connectivity index (χ3v) is 2.83. The molecule has 1 heterocycles. The highest BCUT2D eigenvalue weighted by Gasteiger charge is 2.08. The molecular formula is C6H6BrNOS. The number of aryl methyl sites for hydroxylation is 1. The lowest BCUT2D eigenvalue weighted by Crippen LogP contribution is -2.09. The minimum atomic E-state index is -0.378. The zero-order chi connectivity index (χ0) is 7.72. The van der Waals surface area contributed by atoms with Crippen LogP contribution in [0.1, 0.15) is 15.2 Å². The van der Waals surface area contributed by atoms with Gasteiger partial charge in [-0.2, -0.15) is 0 Å². The van der Waals surface area contributed by atoms with E-state index in [0.717, 1.165) is 8.66 Å². The predicted octanol–water partition coefficient (Wildman–Crippen LogP) is 1.92. The molecule has 0 bridgehead atoms. The van der Waals surface area contributed by atoms with Crippen molar-refractivity contribution in [1.82, 2.24) is 0 Å². The van der Waals surface area contributed by atoms with E-state index in [2.05, 4.69) is 15.9 Å². The first-order chi connectivity index (χ1) is 4.61. The minimum absolute atomic E-state index is 0.378. The van der Waals surface area contributed by atoms with Gasteiger partial charge < -0.3 is 5.73 Å². The van der Waals surface area contributed by atoms with Crippen molar-refractivity contribution in [3.05, 3.63) is 20.3 Å². The molecule has 0 spiro atoms. The minimum Gasteiger partial charge on any atom is -0.366 e. The van der Waals surface area contributed by atoms with Gasteiger partial charge in [-0.3, -0.25) is 4.79 Å². The van der Waals surface area contributed by atoms with Crippen molar-refractivity contribution in [2.75, 3.05) is 0 Å². The second kappa shape index (κ2) is 2.72. The first kappa shape index (κ1) is 7.75. The lowest BCUT2D eigenvalue weighted by molar-refractivity contribution is 0.1000. The zero-order valence-corrected chi connectivity index (χ0v) is 7.75. The van der Waals surface area contributed by atoms with Gasteiger partial charge in [0.1, 0.15) is 0 Å². The Kier molecular flexibility index (Phi) is 2.11. The van der Waals surface area contributed by atoms with Crippen LogP contribution in [0, 0.1) is 6.92 Å². The highest BCUT2D eigenvalue weighted by atomic mass is 79.9. The van der Waals surface area contributed by atoms with Crippen molar-refractivity contribution < 1.29 is 4.79 Å². The van der Waals surface area contributed by atoms with E-state index in [4.69, 9.17) is 5.73 Å². The molecule has 0 aliphatic heterocycles. The molecule has 0 saturated carbocycles. The molecule has 0 aliphatic carbocycles. The number of primary amides is 1. The van der Waals surface area contributed by atoms with Gasteiger partial charge in [-0.15, -0.1) is 11.3 Å². The number of halogens is 1. The smallest absolute Gasteiger partial charge is 0.250 e. The fourth-order valence-electron chi connectivity index (χ4n) is 0.654. The zero-order valence-electron chi connectivity index (χ0n) is 5.35. The van der Waals surface area contributed by atoms with Crippen molar-refractivity contribution in [3.8, 4) is 0 Å². The summed E-state index contributed by atoms with van der Waals surface area (Å²) in [6, 6.07) is 1.77. The van der Waals surface area contributed by atoms with Gasteiger partial charge in [0, 0.05) is 4.88 Å². The molecule has 1 amide bonds. The molecule has 10 heavy (non-hydrogen) atoms. The second-order valence-corrected chi connectivity index (χ2v) is 4.48. The van der Waals surface area contributed by atoms with Crippen molar-refractivity contribution in [2.45, 2.75) is 6.92 Å². The van der Waals surface area contributed by atoms with Gasteiger partial charge in [0.05, 0.1) is 9.35 Å². The summed E-state index contributed by atoms with van der Waals surface area (Å²) in [5.41, 5.74) is 5.64. The van der Waals surface area contributed by atoms with Crippen molar-refractivity contribution >= 4 is 33.2 Å². The largest absolute Gasteiger partial charge is 0.366 e. The first-order valence-electron chi connectivity index (χ1n) is 2.67. The number of amides is 1. The van der Waals surface area contributed by atoms with Crippen LogP contribution >= 0.6 is 27.3 Å². The molecule has 0 radical (unpaired) electrons. The Morgan fingerprint density at radius 3 is 2.60 bits per heavy atom. The van der Waals surface area contributed by atoms with E-state index < -0.39 is 0 Å². The third-order valence-electron chi connectivity index (χ3n) is 1.08. The highest BCUT2D eigenvalue weighted by molar-refractivity contribution is 9.11. The van der Waals surface area contributed by atoms with Gasteiger partial charge in [-0.25, -0.2) is 0 Å². The van der Waals surface area contributed by atoms with Crippen molar-refractivity contribution in [2.24, 2.45) is 5.73 Å². The van der Waals surface area contributed by atoms with Crippen molar-refractivity contribution in [1.29, 1.82) is 0 Å². The molecule has 2 N–H and O–H groups in total. The van der Waals surface area contributed by atoms with E-state index in [1.54, 1.807) is 6.07 Å². The maximum absolute atomic E-state index is 10.6. The fourth-order valence-corrected chi connectivity index (χ4v) is 2.46. The molecule has 2 nitrogen and oxygen atoms in total. The predicted molar refractivity (Wildman–Crippen MR) is 45.3 cm³/mol. The summed E-state index contributed by atoms with van der Waals surface area (Å²) in [5, 5.41) is 0. The van der Waals surface area contributed by atoms with Crippen molar-refractivity contribution in [3.63, 3.8) is 0 Å². The van der Waals surface area contributed by atoms with Gasteiger partial charge in [-0.1, -0.05) is 0 Å². The number of rotatable bonds is 1. The summed E-state index contributed by atoms with van der Waals surface area (Å²) in [6.07, 6.45) is 0. The summed E-state index contributed by atoms with van der Waals surface area (Å²) < 4.78 is 0.817. The second-order valence-electron chi connectivity index (χ2n) is 1.91. The molecule has 54 valence electrons. The SMILES string of the molecule is Cc1cc(C(N)=O)c(Br)s1. The number of carbonyl (C=O) groups excluding carboxylic acids is 1. The molecular weight excluding hydrogens is 214 g/mol. The van der Waals surface area contributed by atoms with Crippen LogP contribution in [-0.2, 0) is 0 Å². The number of carbonyl (C=O) groups is 1. The van der Waals surface area contributed by atoms with Crippen LogP contribution < -0.4 is 5.73 Å². The van der Waals surface area contributed by atoms with Crippen LogP contribution in [0.25, 0.3) is 0 Å². The Balaban J connectivity index is 3.15. The van der Waals surface area contributed by atoms with Crippen LogP contribution in [0.15, 0.2) is 9.85 Å². The standard InChI is InChI=1S/C6H6BrNOS/c1-3-2-4(6(8)9)5(7)10-3/h2H,1H3,(H2,8,9). The summed E-state index contributed by atoms with van der Waals surface area (Å²) in [5.74, 6) is -0.378. The topological polar surface area (TPSA) is 43.1 Å².